The average molecular weight is 209 g/mol. The molecule has 0 N–H and O–H groups in total. The predicted octanol–water partition coefficient (Wildman–Crippen LogP) is 2.86. The molecule has 0 atom stereocenters. The van der Waals surface area contributed by atoms with Crippen LogP contribution in [-0.4, -0.2) is 4.57 Å². The van der Waals surface area contributed by atoms with Crippen LogP contribution >= 0.6 is 34.8 Å². The summed E-state index contributed by atoms with van der Waals surface area (Å²) < 4.78 is 1.45. The largest absolute Gasteiger partial charge is 0.323 e. The molecule has 0 bridgehead atoms. The van der Waals surface area contributed by atoms with Gasteiger partial charge >= 0.3 is 0 Å². The molecule has 0 radical (unpaired) electrons. The quantitative estimate of drug-likeness (QED) is 0.646. The molecule has 0 amide bonds. The summed E-state index contributed by atoms with van der Waals surface area (Å²) in [5.41, 5.74) is 0.223. The maximum absolute atomic E-state index is 8.55. The van der Waals surface area contributed by atoms with Crippen molar-refractivity contribution in [2.24, 2.45) is 7.05 Å². The molecule has 0 saturated heterocycles. The zero-order valence-electron chi connectivity index (χ0n) is 5.53. The Labute approximate surface area is 78.9 Å². The van der Waals surface area contributed by atoms with E-state index in [1.54, 1.807) is 7.05 Å². The highest BCUT2D eigenvalue weighted by Gasteiger charge is 2.15. The number of hydrogen-bond acceptors (Lipinski definition) is 1. The number of nitriles is 1. The highest BCUT2D eigenvalue weighted by molar-refractivity contribution is 6.44. The fraction of sp³-hybridized carbons (Fsp3) is 0.167. The number of halogens is 3. The summed E-state index contributed by atoms with van der Waals surface area (Å²) in [7, 11) is 1.64. The van der Waals surface area contributed by atoms with Gasteiger partial charge < -0.3 is 4.57 Å². The van der Waals surface area contributed by atoms with Crippen LogP contribution in [0.5, 0.6) is 0 Å². The summed E-state index contributed by atoms with van der Waals surface area (Å²) in [6, 6.07) is 1.86. The number of nitrogens with zero attached hydrogens (tertiary/aromatic N) is 2. The van der Waals surface area contributed by atoms with Crippen LogP contribution in [-0.2, 0) is 7.05 Å². The van der Waals surface area contributed by atoms with Crippen LogP contribution in [0.25, 0.3) is 0 Å². The SMILES string of the molecule is Cn1c(Cl)c(Cl)c(C#N)c1Cl. The summed E-state index contributed by atoms with van der Waals surface area (Å²) in [6.45, 7) is 0. The first-order chi connectivity index (χ1) is 5.09. The van der Waals surface area contributed by atoms with Crippen molar-refractivity contribution in [3.63, 3.8) is 0 Å². The molecule has 0 saturated carbocycles. The Bertz CT molecular complexity index is 309. The average Bonchev–Trinajstić information content (AvgIpc) is 2.17. The summed E-state index contributed by atoms with van der Waals surface area (Å²) in [5.74, 6) is 0. The lowest BCUT2D eigenvalue weighted by atomic mass is 10.4. The van der Waals surface area contributed by atoms with Gasteiger partial charge in [-0.3, -0.25) is 0 Å². The van der Waals surface area contributed by atoms with Crippen molar-refractivity contribution in [1.82, 2.24) is 4.57 Å². The Morgan fingerprint density at radius 3 is 2.00 bits per heavy atom. The van der Waals surface area contributed by atoms with Crippen molar-refractivity contribution in [3.8, 4) is 6.07 Å². The van der Waals surface area contributed by atoms with Gasteiger partial charge in [-0.1, -0.05) is 34.8 Å². The van der Waals surface area contributed by atoms with Gasteiger partial charge in [0.1, 0.15) is 21.9 Å². The third kappa shape index (κ3) is 1.20. The van der Waals surface area contributed by atoms with Crippen LogP contribution in [0, 0.1) is 11.3 Å². The molecule has 5 heteroatoms. The first-order valence-corrected chi connectivity index (χ1v) is 3.82. The second-order valence-corrected chi connectivity index (χ2v) is 3.04. The standard InChI is InChI=1S/C6H3Cl3N2/c1-11-5(8)3(2-10)4(7)6(11)9/h1H3. The van der Waals surface area contributed by atoms with E-state index in [1.165, 1.54) is 4.57 Å². The number of aromatic nitrogens is 1. The van der Waals surface area contributed by atoms with Gasteiger partial charge in [0, 0.05) is 7.05 Å². The van der Waals surface area contributed by atoms with E-state index in [2.05, 4.69) is 0 Å². The molecule has 0 aliphatic rings. The Kier molecular flexibility index (Phi) is 2.34. The van der Waals surface area contributed by atoms with Gasteiger partial charge in [0.05, 0.1) is 5.02 Å². The van der Waals surface area contributed by atoms with Crippen LogP contribution in [0.3, 0.4) is 0 Å². The van der Waals surface area contributed by atoms with E-state index < -0.39 is 0 Å². The molecule has 58 valence electrons. The summed E-state index contributed by atoms with van der Waals surface area (Å²) in [4.78, 5) is 0. The van der Waals surface area contributed by atoms with E-state index in [0.717, 1.165) is 0 Å². The molecule has 1 rings (SSSR count). The van der Waals surface area contributed by atoms with E-state index in [1.807, 2.05) is 6.07 Å². The van der Waals surface area contributed by atoms with Crippen molar-refractivity contribution in [2.45, 2.75) is 0 Å². The molecule has 0 aromatic carbocycles. The molecule has 0 unspecified atom stereocenters. The lowest BCUT2D eigenvalue weighted by molar-refractivity contribution is 0.928. The van der Waals surface area contributed by atoms with E-state index in [4.69, 9.17) is 40.1 Å². The third-order valence-corrected chi connectivity index (χ3v) is 2.66. The molecule has 0 aliphatic carbocycles. The first kappa shape index (κ1) is 8.73. The van der Waals surface area contributed by atoms with Gasteiger partial charge in [-0.05, 0) is 0 Å². The Hall–Kier alpha value is -0.360. The maximum Gasteiger partial charge on any atom is 0.130 e. The van der Waals surface area contributed by atoms with E-state index in [0.29, 0.717) is 0 Å². The molecule has 0 fully saturated rings. The van der Waals surface area contributed by atoms with Gasteiger partial charge in [-0.15, -0.1) is 0 Å². The number of rotatable bonds is 0. The molecular weight excluding hydrogens is 206 g/mol. The fourth-order valence-electron chi connectivity index (χ4n) is 0.690. The Balaban J connectivity index is 3.51. The second-order valence-electron chi connectivity index (χ2n) is 1.94. The Morgan fingerprint density at radius 1 is 1.27 bits per heavy atom. The van der Waals surface area contributed by atoms with E-state index in [9.17, 15) is 0 Å². The van der Waals surface area contributed by atoms with Gasteiger partial charge in [-0.25, -0.2) is 0 Å². The highest BCUT2D eigenvalue weighted by atomic mass is 35.5. The molecule has 11 heavy (non-hydrogen) atoms. The zero-order valence-corrected chi connectivity index (χ0v) is 7.80. The van der Waals surface area contributed by atoms with Crippen molar-refractivity contribution < 1.29 is 0 Å². The van der Waals surface area contributed by atoms with Crippen molar-refractivity contribution in [2.75, 3.05) is 0 Å². The van der Waals surface area contributed by atoms with Crippen molar-refractivity contribution >= 4 is 34.8 Å². The minimum absolute atomic E-state index is 0.210. The van der Waals surface area contributed by atoms with Crippen LogP contribution in [0.1, 0.15) is 5.56 Å². The highest BCUT2D eigenvalue weighted by Crippen LogP contribution is 2.33. The molecule has 1 heterocycles. The second kappa shape index (κ2) is 2.94. The first-order valence-electron chi connectivity index (χ1n) is 2.68. The minimum atomic E-state index is 0.210. The monoisotopic (exact) mass is 208 g/mol. The number of hydrogen-bond donors (Lipinski definition) is 0. The topological polar surface area (TPSA) is 28.7 Å². The van der Waals surface area contributed by atoms with E-state index >= 15 is 0 Å². The lowest BCUT2D eigenvalue weighted by Gasteiger charge is -1.92. The summed E-state index contributed by atoms with van der Waals surface area (Å²) in [6.07, 6.45) is 0. The van der Waals surface area contributed by atoms with Gasteiger partial charge in [0.2, 0.25) is 0 Å². The molecule has 1 aromatic heterocycles. The van der Waals surface area contributed by atoms with E-state index in [-0.39, 0.29) is 20.9 Å². The normalized spacial score (nSPS) is 9.73. The van der Waals surface area contributed by atoms with Gasteiger partial charge in [0.15, 0.2) is 0 Å². The van der Waals surface area contributed by atoms with Crippen molar-refractivity contribution in [1.29, 1.82) is 5.26 Å². The third-order valence-electron chi connectivity index (χ3n) is 1.31. The molecule has 2 nitrogen and oxygen atoms in total. The molecule has 1 aromatic rings. The van der Waals surface area contributed by atoms with Crippen LogP contribution < -0.4 is 0 Å². The predicted molar refractivity (Wildman–Crippen MR) is 45.2 cm³/mol. The summed E-state index contributed by atoms with van der Waals surface area (Å²) in [5, 5.41) is 9.31. The van der Waals surface area contributed by atoms with Crippen molar-refractivity contribution in [3.05, 3.63) is 20.9 Å². The fourth-order valence-corrected chi connectivity index (χ4v) is 1.44. The molecule has 0 spiro atoms. The zero-order chi connectivity index (χ0) is 8.59. The maximum atomic E-state index is 8.55. The van der Waals surface area contributed by atoms with Crippen LogP contribution in [0.15, 0.2) is 0 Å². The van der Waals surface area contributed by atoms with Gasteiger partial charge in [0.25, 0.3) is 0 Å². The molecule has 0 aliphatic heterocycles. The lowest BCUT2D eigenvalue weighted by Crippen LogP contribution is -1.85. The summed E-state index contributed by atoms with van der Waals surface area (Å²) >= 11 is 17.0. The minimum Gasteiger partial charge on any atom is -0.323 e. The Morgan fingerprint density at radius 2 is 1.82 bits per heavy atom. The van der Waals surface area contributed by atoms with Crippen LogP contribution in [0.4, 0.5) is 0 Å². The van der Waals surface area contributed by atoms with Gasteiger partial charge in [-0.2, -0.15) is 5.26 Å². The smallest absolute Gasteiger partial charge is 0.130 e. The molecular formula is C6H3Cl3N2. The van der Waals surface area contributed by atoms with Crippen LogP contribution in [0.2, 0.25) is 15.3 Å².